The summed E-state index contributed by atoms with van der Waals surface area (Å²) in [6.45, 7) is 0.415. The molecule has 0 fully saturated rings. The van der Waals surface area contributed by atoms with E-state index in [1.807, 2.05) is 24.3 Å². The molecule has 0 aliphatic carbocycles. The summed E-state index contributed by atoms with van der Waals surface area (Å²) in [6, 6.07) is 18.9. The van der Waals surface area contributed by atoms with Gasteiger partial charge in [-0.05, 0) is 54.1 Å². The Hall–Kier alpha value is -3.19. The van der Waals surface area contributed by atoms with Crippen molar-refractivity contribution in [1.82, 2.24) is 9.66 Å². The standard InChI is InChI=1S/C22H17BrFN3O2/c1-29-19-4-2-3-18-20(19)26-21(15-7-11-17(24)12-8-15)27(22(18)28)25-13-14-5-9-16(23)10-6-14/h2-12,25H,13H2,1H3. The van der Waals surface area contributed by atoms with E-state index in [1.54, 1.807) is 30.3 Å². The van der Waals surface area contributed by atoms with Gasteiger partial charge in [-0.3, -0.25) is 4.79 Å². The zero-order valence-electron chi connectivity index (χ0n) is 15.5. The highest BCUT2D eigenvalue weighted by molar-refractivity contribution is 9.10. The van der Waals surface area contributed by atoms with E-state index in [1.165, 1.54) is 23.9 Å². The second-order valence-corrected chi connectivity index (χ2v) is 7.32. The van der Waals surface area contributed by atoms with Crippen molar-refractivity contribution < 1.29 is 9.13 Å². The van der Waals surface area contributed by atoms with Crippen LogP contribution in [0.25, 0.3) is 22.3 Å². The molecule has 0 saturated carbocycles. The van der Waals surface area contributed by atoms with E-state index in [2.05, 4.69) is 26.3 Å². The van der Waals surface area contributed by atoms with Crippen LogP contribution in [0.1, 0.15) is 5.56 Å². The number of methoxy groups -OCH3 is 1. The first kappa shape index (κ1) is 19.1. The van der Waals surface area contributed by atoms with Gasteiger partial charge in [-0.2, -0.15) is 0 Å². The average Bonchev–Trinajstić information content (AvgIpc) is 2.74. The van der Waals surface area contributed by atoms with Crippen LogP contribution in [0.2, 0.25) is 0 Å². The lowest BCUT2D eigenvalue weighted by atomic mass is 10.1. The van der Waals surface area contributed by atoms with Crippen molar-refractivity contribution in [1.29, 1.82) is 0 Å². The molecule has 0 amide bonds. The maximum atomic E-state index is 13.4. The lowest BCUT2D eigenvalue weighted by Gasteiger charge is -2.16. The van der Waals surface area contributed by atoms with E-state index in [9.17, 15) is 9.18 Å². The van der Waals surface area contributed by atoms with E-state index >= 15 is 0 Å². The maximum absolute atomic E-state index is 13.4. The monoisotopic (exact) mass is 453 g/mol. The molecule has 1 heterocycles. The predicted octanol–water partition coefficient (Wildman–Crippen LogP) is 4.72. The number of ether oxygens (including phenoxy) is 1. The fourth-order valence-corrected chi connectivity index (χ4v) is 3.32. The van der Waals surface area contributed by atoms with Crippen LogP contribution in [0.4, 0.5) is 4.39 Å². The highest BCUT2D eigenvalue weighted by Crippen LogP contribution is 2.25. The Morgan fingerprint density at radius 3 is 2.48 bits per heavy atom. The topological polar surface area (TPSA) is 56.1 Å². The van der Waals surface area contributed by atoms with Crippen LogP contribution in [-0.2, 0) is 6.54 Å². The van der Waals surface area contributed by atoms with Crippen LogP contribution in [0, 0.1) is 5.82 Å². The molecule has 146 valence electrons. The van der Waals surface area contributed by atoms with Gasteiger partial charge in [-0.25, -0.2) is 14.1 Å². The van der Waals surface area contributed by atoms with Gasteiger partial charge in [0.1, 0.15) is 17.1 Å². The quantitative estimate of drug-likeness (QED) is 0.475. The first-order chi connectivity index (χ1) is 14.1. The number of rotatable bonds is 5. The molecule has 3 aromatic carbocycles. The SMILES string of the molecule is COc1cccc2c(=O)n(NCc3ccc(Br)cc3)c(-c3ccc(F)cc3)nc12. The molecule has 4 aromatic rings. The molecule has 0 aliphatic heterocycles. The third kappa shape index (κ3) is 3.86. The van der Waals surface area contributed by atoms with Crippen LogP contribution in [0.3, 0.4) is 0 Å². The molecule has 5 nitrogen and oxygen atoms in total. The van der Waals surface area contributed by atoms with Crippen LogP contribution >= 0.6 is 15.9 Å². The van der Waals surface area contributed by atoms with Gasteiger partial charge < -0.3 is 10.2 Å². The number of halogens is 2. The smallest absolute Gasteiger partial charge is 0.280 e. The summed E-state index contributed by atoms with van der Waals surface area (Å²) < 4.78 is 21.2. The summed E-state index contributed by atoms with van der Waals surface area (Å²) in [6.07, 6.45) is 0. The van der Waals surface area contributed by atoms with E-state index in [0.29, 0.717) is 34.6 Å². The van der Waals surface area contributed by atoms with Crippen LogP contribution in [-0.4, -0.2) is 16.8 Å². The Morgan fingerprint density at radius 1 is 1.07 bits per heavy atom. The van der Waals surface area contributed by atoms with Gasteiger partial charge in [-0.15, -0.1) is 0 Å². The first-order valence-electron chi connectivity index (χ1n) is 8.91. The molecule has 0 aliphatic rings. The zero-order valence-corrected chi connectivity index (χ0v) is 17.1. The molecule has 0 spiro atoms. The summed E-state index contributed by atoms with van der Waals surface area (Å²) in [7, 11) is 1.53. The summed E-state index contributed by atoms with van der Waals surface area (Å²) in [5, 5.41) is 0.429. The Kier molecular flexibility index (Phi) is 5.31. The lowest BCUT2D eigenvalue weighted by Crippen LogP contribution is -2.31. The zero-order chi connectivity index (χ0) is 20.4. The molecule has 0 bridgehead atoms. The van der Waals surface area contributed by atoms with Gasteiger partial charge >= 0.3 is 0 Å². The third-order valence-corrected chi connectivity index (χ3v) is 5.07. The normalized spacial score (nSPS) is 10.9. The Morgan fingerprint density at radius 2 is 1.79 bits per heavy atom. The third-order valence-electron chi connectivity index (χ3n) is 4.54. The minimum Gasteiger partial charge on any atom is -0.494 e. The highest BCUT2D eigenvalue weighted by Gasteiger charge is 2.15. The number of benzene rings is 3. The molecule has 1 N–H and O–H groups in total. The minimum atomic E-state index is -0.358. The van der Waals surface area contributed by atoms with E-state index in [4.69, 9.17) is 4.74 Å². The summed E-state index contributed by atoms with van der Waals surface area (Å²) in [5.41, 5.74) is 4.96. The summed E-state index contributed by atoms with van der Waals surface area (Å²) in [5.74, 6) is 0.524. The van der Waals surface area contributed by atoms with Crippen LogP contribution in [0.5, 0.6) is 5.75 Å². The molecular weight excluding hydrogens is 437 g/mol. The lowest BCUT2D eigenvalue weighted by molar-refractivity contribution is 0.418. The van der Waals surface area contributed by atoms with Crippen LogP contribution in [0.15, 0.2) is 76.0 Å². The Labute approximate surface area is 174 Å². The van der Waals surface area contributed by atoms with Crippen molar-refractivity contribution in [2.24, 2.45) is 0 Å². The molecular formula is C22H17BrFN3O2. The van der Waals surface area contributed by atoms with Gasteiger partial charge in [-0.1, -0.05) is 34.1 Å². The van der Waals surface area contributed by atoms with Gasteiger partial charge in [0, 0.05) is 10.0 Å². The second-order valence-electron chi connectivity index (χ2n) is 6.40. The summed E-state index contributed by atoms with van der Waals surface area (Å²) >= 11 is 3.41. The number of nitrogens with zero attached hydrogens (tertiary/aromatic N) is 2. The van der Waals surface area contributed by atoms with Crippen molar-refractivity contribution >= 4 is 26.8 Å². The fraction of sp³-hybridized carbons (Fsp3) is 0.0909. The van der Waals surface area contributed by atoms with E-state index in [-0.39, 0.29) is 11.4 Å². The van der Waals surface area contributed by atoms with E-state index in [0.717, 1.165) is 10.0 Å². The molecule has 0 unspecified atom stereocenters. The number of nitrogens with one attached hydrogen (secondary N) is 1. The van der Waals surface area contributed by atoms with Crippen molar-refractivity contribution in [3.05, 3.63) is 92.9 Å². The van der Waals surface area contributed by atoms with Crippen molar-refractivity contribution in [3.8, 4) is 17.1 Å². The Bertz CT molecular complexity index is 1220. The van der Waals surface area contributed by atoms with Crippen molar-refractivity contribution in [2.75, 3.05) is 12.5 Å². The van der Waals surface area contributed by atoms with Gasteiger partial charge in [0.05, 0.1) is 19.0 Å². The summed E-state index contributed by atoms with van der Waals surface area (Å²) in [4.78, 5) is 17.9. The Balaban J connectivity index is 1.87. The minimum absolute atomic E-state index is 0.259. The van der Waals surface area contributed by atoms with E-state index < -0.39 is 0 Å². The largest absolute Gasteiger partial charge is 0.494 e. The van der Waals surface area contributed by atoms with Crippen molar-refractivity contribution in [3.63, 3.8) is 0 Å². The molecule has 0 atom stereocenters. The number of hydrogen-bond donors (Lipinski definition) is 1. The first-order valence-corrected chi connectivity index (χ1v) is 9.70. The number of hydrogen-bond acceptors (Lipinski definition) is 4. The predicted molar refractivity (Wildman–Crippen MR) is 115 cm³/mol. The van der Waals surface area contributed by atoms with Crippen LogP contribution < -0.4 is 15.7 Å². The second kappa shape index (κ2) is 8.05. The van der Waals surface area contributed by atoms with Crippen molar-refractivity contribution in [2.45, 2.75) is 6.54 Å². The molecule has 0 radical (unpaired) electrons. The van der Waals surface area contributed by atoms with Gasteiger partial charge in [0.15, 0.2) is 5.82 Å². The highest BCUT2D eigenvalue weighted by atomic mass is 79.9. The van der Waals surface area contributed by atoms with Gasteiger partial charge in [0.25, 0.3) is 5.56 Å². The number of aromatic nitrogens is 2. The molecule has 29 heavy (non-hydrogen) atoms. The number of fused-ring (bicyclic) bond motifs is 1. The fourth-order valence-electron chi connectivity index (χ4n) is 3.06. The molecule has 7 heteroatoms. The molecule has 4 rings (SSSR count). The average molecular weight is 454 g/mol. The number of para-hydroxylation sites is 1. The molecule has 0 saturated heterocycles. The molecule has 1 aromatic heterocycles. The maximum Gasteiger partial charge on any atom is 0.280 e. The van der Waals surface area contributed by atoms with Gasteiger partial charge in [0.2, 0.25) is 0 Å².